The molecule has 0 bridgehead atoms. The molecule has 3 N–H and O–H groups in total. The highest BCUT2D eigenvalue weighted by Crippen LogP contribution is 2.24. The van der Waals surface area contributed by atoms with Crippen molar-refractivity contribution in [3.8, 4) is 0 Å². The zero-order valence-corrected chi connectivity index (χ0v) is 14.0. The van der Waals surface area contributed by atoms with Crippen LogP contribution in [0.4, 0.5) is 13.8 Å². The standard InChI is InChI=1S/C16H17F2N3O2S/c1-9(10-3-4-12(17)13(18)7-10)21(2)8-14(22)20-16-11(15(19)23)5-6-24-16/h3-7,9H,8H2,1-2H3,(H2,19,23)(H,20,22)/t9-/m0/s1. The first kappa shape index (κ1) is 18.0. The third-order valence-electron chi connectivity index (χ3n) is 3.66. The lowest BCUT2D eigenvalue weighted by Crippen LogP contribution is -2.32. The third kappa shape index (κ3) is 4.15. The quantitative estimate of drug-likeness (QED) is 0.838. The molecular weight excluding hydrogens is 336 g/mol. The summed E-state index contributed by atoms with van der Waals surface area (Å²) in [4.78, 5) is 25.0. The summed E-state index contributed by atoms with van der Waals surface area (Å²) in [6.45, 7) is 1.79. The molecule has 2 amide bonds. The molecule has 1 aromatic carbocycles. The van der Waals surface area contributed by atoms with Crippen LogP contribution >= 0.6 is 11.3 Å². The van der Waals surface area contributed by atoms with E-state index >= 15 is 0 Å². The topological polar surface area (TPSA) is 75.4 Å². The van der Waals surface area contributed by atoms with Gasteiger partial charge in [0.05, 0.1) is 12.1 Å². The predicted octanol–water partition coefficient (Wildman–Crippen LogP) is 2.76. The molecule has 0 aliphatic rings. The SMILES string of the molecule is C[C@@H](c1ccc(F)c(F)c1)N(C)CC(=O)Nc1sccc1C(N)=O. The van der Waals surface area contributed by atoms with Gasteiger partial charge in [-0.1, -0.05) is 6.07 Å². The summed E-state index contributed by atoms with van der Waals surface area (Å²) in [6, 6.07) is 4.88. The van der Waals surface area contributed by atoms with Crippen LogP contribution in [0.2, 0.25) is 0 Å². The maximum atomic E-state index is 13.3. The fourth-order valence-corrected chi connectivity index (χ4v) is 2.96. The lowest BCUT2D eigenvalue weighted by atomic mass is 10.1. The summed E-state index contributed by atoms with van der Waals surface area (Å²) in [7, 11) is 1.69. The molecule has 1 heterocycles. The van der Waals surface area contributed by atoms with Crippen molar-refractivity contribution in [2.24, 2.45) is 5.73 Å². The van der Waals surface area contributed by atoms with Crippen LogP contribution in [0.3, 0.4) is 0 Å². The maximum Gasteiger partial charge on any atom is 0.251 e. The Balaban J connectivity index is 2.01. The van der Waals surface area contributed by atoms with Gasteiger partial charge in [0.1, 0.15) is 5.00 Å². The Morgan fingerprint density at radius 1 is 1.29 bits per heavy atom. The maximum absolute atomic E-state index is 13.3. The molecule has 0 aliphatic heterocycles. The van der Waals surface area contributed by atoms with Gasteiger partial charge in [0.25, 0.3) is 5.91 Å². The first-order valence-corrected chi connectivity index (χ1v) is 8.00. The summed E-state index contributed by atoms with van der Waals surface area (Å²) in [6.07, 6.45) is 0. The predicted molar refractivity (Wildman–Crippen MR) is 88.9 cm³/mol. The normalized spacial score (nSPS) is 12.2. The van der Waals surface area contributed by atoms with Crippen LogP contribution in [-0.4, -0.2) is 30.3 Å². The van der Waals surface area contributed by atoms with Crippen LogP contribution in [0.5, 0.6) is 0 Å². The van der Waals surface area contributed by atoms with E-state index in [9.17, 15) is 18.4 Å². The number of thiophene rings is 1. The second-order valence-electron chi connectivity index (χ2n) is 5.34. The summed E-state index contributed by atoms with van der Waals surface area (Å²) in [5.74, 6) is -2.79. The summed E-state index contributed by atoms with van der Waals surface area (Å²) in [5, 5.41) is 4.68. The van der Waals surface area contributed by atoms with Gasteiger partial charge in [-0.15, -0.1) is 11.3 Å². The van der Waals surface area contributed by atoms with E-state index in [1.54, 1.807) is 24.3 Å². The van der Waals surface area contributed by atoms with Gasteiger partial charge in [0.15, 0.2) is 11.6 Å². The van der Waals surface area contributed by atoms with Crippen molar-refractivity contribution in [3.05, 3.63) is 52.4 Å². The first-order valence-electron chi connectivity index (χ1n) is 7.12. The highest BCUT2D eigenvalue weighted by Gasteiger charge is 2.18. The van der Waals surface area contributed by atoms with Crippen molar-refractivity contribution in [1.82, 2.24) is 4.90 Å². The molecule has 0 spiro atoms. The van der Waals surface area contributed by atoms with E-state index in [0.29, 0.717) is 10.6 Å². The average Bonchev–Trinajstić information content (AvgIpc) is 2.97. The minimum Gasteiger partial charge on any atom is -0.366 e. The Bertz CT molecular complexity index is 764. The molecule has 24 heavy (non-hydrogen) atoms. The molecule has 0 fully saturated rings. The zero-order valence-electron chi connectivity index (χ0n) is 13.2. The number of rotatable bonds is 6. The summed E-state index contributed by atoms with van der Waals surface area (Å²) >= 11 is 1.20. The van der Waals surface area contributed by atoms with Crippen LogP contribution in [0.1, 0.15) is 28.9 Å². The molecule has 128 valence electrons. The number of hydrogen-bond donors (Lipinski definition) is 2. The number of primary amides is 1. The van der Waals surface area contributed by atoms with Crippen molar-refractivity contribution in [3.63, 3.8) is 0 Å². The highest BCUT2D eigenvalue weighted by molar-refractivity contribution is 7.14. The second-order valence-corrected chi connectivity index (χ2v) is 6.26. The number of nitrogens with two attached hydrogens (primary N) is 1. The average molecular weight is 353 g/mol. The van der Waals surface area contributed by atoms with Gasteiger partial charge in [-0.25, -0.2) is 8.78 Å². The molecule has 2 aromatic rings. The lowest BCUT2D eigenvalue weighted by Gasteiger charge is -2.24. The molecule has 1 aromatic heterocycles. The van der Waals surface area contributed by atoms with Gasteiger partial charge < -0.3 is 11.1 Å². The van der Waals surface area contributed by atoms with E-state index in [1.165, 1.54) is 23.5 Å². The molecule has 0 radical (unpaired) electrons. The number of anilines is 1. The molecule has 0 saturated heterocycles. The number of nitrogens with one attached hydrogen (secondary N) is 1. The summed E-state index contributed by atoms with van der Waals surface area (Å²) in [5.41, 5.74) is 6.03. The number of halogens is 2. The fraction of sp³-hybridized carbons (Fsp3) is 0.250. The second kappa shape index (κ2) is 7.50. The first-order chi connectivity index (χ1) is 11.3. The van der Waals surface area contributed by atoms with Gasteiger partial charge in [-0.05, 0) is 43.1 Å². The van der Waals surface area contributed by atoms with E-state index in [1.807, 2.05) is 0 Å². The van der Waals surface area contributed by atoms with E-state index in [-0.39, 0.29) is 24.1 Å². The molecule has 5 nitrogen and oxygen atoms in total. The molecule has 1 atom stereocenters. The van der Waals surface area contributed by atoms with Crippen LogP contribution in [-0.2, 0) is 4.79 Å². The highest BCUT2D eigenvalue weighted by atomic mass is 32.1. The number of likely N-dealkylation sites (N-methyl/N-ethyl adjacent to an activating group) is 1. The summed E-state index contributed by atoms with van der Waals surface area (Å²) < 4.78 is 26.3. The van der Waals surface area contributed by atoms with Crippen molar-refractivity contribution in [1.29, 1.82) is 0 Å². The largest absolute Gasteiger partial charge is 0.366 e. The fourth-order valence-electron chi connectivity index (χ4n) is 2.16. The van der Waals surface area contributed by atoms with Gasteiger partial charge >= 0.3 is 0 Å². The zero-order chi connectivity index (χ0) is 17.9. The number of carbonyl (C=O) groups excluding carboxylic acids is 2. The number of nitrogens with zero attached hydrogens (tertiary/aromatic N) is 1. The Morgan fingerprint density at radius 3 is 2.62 bits per heavy atom. The van der Waals surface area contributed by atoms with Gasteiger partial charge in [0.2, 0.25) is 5.91 Å². The Labute approximate surface area is 142 Å². The van der Waals surface area contributed by atoms with E-state index in [0.717, 1.165) is 12.1 Å². The molecular formula is C16H17F2N3O2S. The third-order valence-corrected chi connectivity index (χ3v) is 4.49. The lowest BCUT2D eigenvalue weighted by molar-refractivity contribution is -0.117. The molecule has 8 heteroatoms. The molecule has 2 rings (SSSR count). The number of carbonyl (C=O) groups is 2. The molecule has 0 unspecified atom stereocenters. The van der Waals surface area contributed by atoms with Crippen molar-refractivity contribution >= 4 is 28.2 Å². The van der Waals surface area contributed by atoms with Crippen molar-refractivity contribution < 1.29 is 18.4 Å². The van der Waals surface area contributed by atoms with Crippen molar-refractivity contribution in [2.75, 3.05) is 18.9 Å². The number of benzene rings is 1. The number of hydrogen-bond acceptors (Lipinski definition) is 4. The number of amides is 2. The van der Waals surface area contributed by atoms with Gasteiger partial charge in [-0.3, -0.25) is 14.5 Å². The smallest absolute Gasteiger partial charge is 0.251 e. The van der Waals surface area contributed by atoms with Gasteiger partial charge in [-0.2, -0.15) is 0 Å². The van der Waals surface area contributed by atoms with E-state index in [2.05, 4.69) is 5.32 Å². The van der Waals surface area contributed by atoms with Gasteiger partial charge in [0, 0.05) is 6.04 Å². The minimum absolute atomic E-state index is 0.0102. The van der Waals surface area contributed by atoms with Crippen LogP contribution in [0, 0.1) is 11.6 Å². The van der Waals surface area contributed by atoms with Crippen LogP contribution in [0.15, 0.2) is 29.6 Å². The Kier molecular flexibility index (Phi) is 5.63. The van der Waals surface area contributed by atoms with Crippen LogP contribution < -0.4 is 11.1 Å². The Morgan fingerprint density at radius 2 is 2.00 bits per heavy atom. The van der Waals surface area contributed by atoms with Crippen LogP contribution in [0.25, 0.3) is 0 Å². The Hall–Kier alpha value is -2.32. The molecule has 0 saturated carbocycles. The van der Waals surface area contributed by atoms with Crippen molar-refractivity contribution in [2.45, 2.75) is 13.0 Å². The minimum atomic E-state index is -0.929. The monoisotopic (exact) mass is 353 g/mol. The van der Waals surface area contributed by atoms with E-state index < -0.39 is 17.5 Å². The van der Waals surface area contributed by atoms with E-state index in [4.69, 9.17) is 5.73 Å². The molecule has 0 aliphatic carbocycles.